The third kappa shape index (κ3) is 4.60. The maximum atomic E-state index is 12.9. The van der Waals surface area contributed by atoms with E-state index in [1.54, 1.807) is 0 Å². The number of carbonyl (C=O) groups is 1. The molecule has 3 rings (SSSR count). The Bertz CT molecular complexity index is 790. The molecule has 0 aliphatic carbocycles. The third-order valence-electron chi connectivity index (χ3n) is 4.08. The van der Waals surface area contributed by atoms with Crippen molar-refractivity contribution in [1.29, 1.82) is 0 Å². The number of amides is 1. The molecule has 0 unspecified atom stereocenters. The molecule has 0 radical (unpaired) electrons. The molecule has 25 heavy (non-hydrogen) atoms. The number of hydrogen-bond donors (Lipinski definition) is 0. The summed E-state index contributed by atoms with van der Waals surface area (Å²) in [6, 6.07) is 18.4. The summed E-state index contributed by atoms with van der Waals surface area (Å²) in [4.78, 5) is 15.6. The first kappa shape index (κ1) is 17.5. The van der Waals surface area contributed by atoms with Crippen molar-refractivity contribution in [2.24, 2.45) is 5.92 Å². The molecule has 2 heterocycles. The monoisotopic (exact) mass is 352 g/mol. The van der Waals surface area contributed by atoms with Gasteiger partial charge in [-0.2, -0.15) is 0 Å². The van der Waals surface area contributed by atoms with Crippen molar-refractivity contribution in [3.05, 3.63) is 82.3 Å². The SMILES string of the molecule is CC(C)CN(Cc1cccn1Cc1ccccc1)C(=O)c1cccs1. The van der Waals surface area contributed by atoms with Crippen molar-refractivity contribution in [2.75, 3.05) is 6.54 Å². The molecular formula is C21H24N2OS. The maximum absolute atomic E-state index is 12.9. The summed E-state index contributed by atoms with van der Waals surface area (Å²) in [5.41, 5.74) is 2.43. The molecular weight excluding hydrogens is 328 g/mol. The van der Waals surface area contributed by atoms with E-state index in [9.17, 15) is 4.79 Å². The minimum atomic E-state index is 0.121. The zero-order valence-electron chi connectivity index (χ0n) is 14.8. The summed E-state index contributed by atoms with van der Waals surface area (Å²) in [6.45, 7) is 6.52. The molecule has 0 aliphatic heterocycles. The van der Waals surface area contributed by atoms with Crippen molar-refractivity contribution in [2.45, 2.75) is 26.9 Å². The molecule has 1 amide bonds. The lowest BCUT2D eigenvalue weighted by Crippen LogP contribution is -2.34. The zero-order valence-corrected chi connectivity index (χ0v) is 15.6. The summed E-state index contributed by atoms with van der Waals surface area (Å²) in [6.07, 6.45) is 2.09. The predicted octanol–water partition coefficient (Wildman–Crippen LogP) is 4.90. The van der Waals surface area contributed by atoms with Gasteiger partial charge in [0, 0.05) is 25.0 Å². The summed E-state index contributed by atoms with van der Waals surface area (Å²) < 4.78 is 2.23. The molecule has 0 bridgehead atoms. The van der Waals surface area contributed by atoms with Gasteiger partial charge >= 0.3 is 0 Å². The van der Waals surface area contributed by atoms with Gasteiger partial charge in [0.1, 0.15) is 0 Å². The van der Waals surface area contributed by atoms with Crippen LogP contribution in [0.25, 0.3) is 0 Å². The van der Waals surface area contributed by atoms with E-state index < -0.39 is 0 Å². The fraction of sp³-hybridized carbons (Fsp3) is 0.286. The first-order chi connectivity index (χ1) is 12.1. The van der Waals surface area contributed by atoms with Crippen LogP contribution in [-0.4, -0.2) is 21.9 Å². The molecule has 130 valence electrons. The lowest BCUT2D eigenvalue weighted by atomic mass is 10.2. The molecule has 0 saturated heterocycles. The quantitative estimate of drug-likeness (QED) is 0.594. The van der Waals surface area contributed by atoms with Gasteiger partial charge in [-0.1, -0.05) is 50.2 Å². The summed E-state index contributed by atoms with van der Waals surface area (Å²) >= 11 is 1.51. The standard InChI is InChI=1S/C21H24N2OS/c1-17(2)14-23(21(24)20-11-7-13-25-20)16-19-10-6-12-22(19)15-18-8-4-3-5-9-18/h3-13,17H,14-16H2,1-2H3. The van der Waals surface area contributed by atoms with Crippen molar-refractivity contribution in [3.63, 3.8) is 0 Å². The van der Waals surface area contributed by atoms with Crippen LogP contribution in [0.1, 0.15) is 34.8 Å². The second-order valence-corrected chi connectivity index (χ2v) is 7.62. The Morgan fingerprint density at radius 1 is 1.08 bits per heavy atom. The fourth-order valence-corrected chi connectivity index (χ4v) is 3.63. The van der Waals surface area contributed by atoms with Crippen LogP contribution in [0.2, 0.25) is 0 Å². The van der Waals surface area contributed by atoms with Crippen LogP contribution in [0.3, 0.4) is 0 Å². The van der Waals surface area contributed by atoms with Gasteiger partial charge in [-0.3, -0.25) is 4.79 Å². The van der Waals surface area contributed by atoms with Crippen molar-refractivity contribution in [3.8, 4) is 0 Å². The largest absolute Gasteiger partial charge is 0.345 e. The van der Waals surface area contributed by atoms with Gasteiger partial charge in [-0.05, 0) is 35.1 Å². The van der Waals surface area contributed by atoms with Crippen LogP contribution in [0.15, 0.2) is 66.2 Å². The van der Waals surface area contributed by atoms with Crippen molar-refractivity contribution in [1.82, 2.24) is 9.47 Å². The van der Waals surface area contributed by atoms with E-state index in [2.05, 4.69) is 61.0 Å². The van der Waals surface area contributed by atoms with Crippen molar-refractivity contribution >= 4 is 17.2 Å². The smallest absolute Gasteiger partial charge is 0.264 e. The molecule has 3 aromatic rings. The van der Waals surface area contributed by atoms with Gasteiger partial charge in [-0.25, -0.2) is 0 Å². The second-order valence-electron chi connectivity index (χ2n) is 6.67. The highest BCUT2D eigenvalue weighted by atomic mass is 32.1. The molecule has 3 nitrogen and oxygen atoms in total. The maximum Gasteiger partial charge on any atom is 0.264 e. The zero-order chi connectivity index (χ0) is 17.6. The first-order valence-corrected chi connectivity index (χ1v) is 9.52. The number of aromatic nitrogens is 1. The molecule has 0 aliphatic rings. The molecule has 0 saturated carbocycles. The highest BCUT2D eigenvalue weighted by Gasteiger charge is 2.19. The molecule has 4 heteroatoms. The van der Waals surface area contributed by atoms with E-state index in [-0.39, 0.29) is 5.91 Å². The van der Waals surface area contributed by atoms with Gasteiger partial charge in [0.05, 0.1) is 11.4 Å². The van der Waals surface area contributed by atoms with E-state index >= 15 is 0 Å². The van der Waals surface area contributed by atoms with E-state index in [0.717, 1.165) is 23.7 Å². The van der Waals surface area contributed by atoms with Crippen LogP contribution in [0.4, 0.5) is 0 Å². The molecule has 0 N–H and O–H groups in total. The Kier molecular flexibility index (Phi) is 5.71. The topological polar surface area (TPSA) is 25.2 Å². The van der Waals surface area contributed by atoms with Crippen LogP contribution < -0.4 is 0 Å². The number of rotatable bonds is 7. The lowest BCUT2D eigenvalue weighted by Gasteiger charge is -2.25. The number of hydrogen-bond acceptors (Lipinski definition) is 2. The minimum Gasteiger partial charge on any atom is -0.345 e. The molecule has 0 fully saturated rings. The molecule has 0 atom stereocenters. The molecule has 2 aromatic heterocycles. The Hall–Kier alpha value is -2.33. The van der Waals surface area contributed by atoms with Gasteiger partial charge < -0.3 is 9.47 Å². The van der Waals surface area contributed by atoms with Crippen molar-refractivity contribution < 1.29 is 4.79 Å². The van der Waals surface area contributed by atoms with Gasteiger partial charge in [0.2, 0.25) is 0 Å². The van der Waals surface area contributed by atoms with Crippen LogP contribution in [0.5, 0.6) is 0 Å². The average Bonchev–Trinajstić information content (AvgIpc) is 3.27. The van der Waals surface area contributed by atoms with E-state index in [1.807, 2.05) is 28.5 Å². The third-order valence-corrected chi connectivity index (χ3v) is 4.93. The van der Waals surface area contributed by atoms with Gasteiger partial charge in [0.15, 0.2) is 0 Å². The predicted molar refractivity (Wildman–Crippen MR) is 104 cm³/mol. The van der Waals surface area contributed by atoms with E-state index in [4.69, 9.17) is 0 Å². The van der Waals surface area contributed by atoms with Crippen LogP contribution in [-0.2, 0) is 13.1 Å². The Balaban J connectivity index is 1.78. The number of nitrogens with zero attached hydrogens (tertiary/aromatic N) is 2. The average molecular weight is 353 g/mol. The van der Waals surface area contributed by atoms with Crippen LogP contribution >= 0.6 is 11.3 Å². The Labute approximate surface area is 153 Å². The van der Waals surface area contributed by atoms with E-state index in [1.165, 1.54) is 16.9 Å². The molecule has 0 spiro atoms. The molecule has 1 aromatic carbocycles. The van der Waals surface area contributed by atoms with Crippen LogP contribution in [0, 0.1) is 5.92 Å². The highest BCUT2D eigenvalue weighted by Crippen LogP contribution is 2.17. The van der Waals surface area contributed by atoms with Gasteiger partial charge in [-0.15, -0.1) is 11.3 Å². The number of thiophene rings is 1. The summed E-state index contributed by atoms with van der Waals surface area (Å²) in [7, 11) is 0. The number of benzene rings is 1. The second kappa shape index (κ2) is 8.17. The highest BCUT2D eigenvalue weighted by molar-refractivity contribution is 7.12. The number of carbonyl (C=O) groups excluding carboxylic acids is 1. The lowest BCUT2D eigenvalue weighted by molar-refractivity contribution is 0.0723. The Morgan fingerprint density at radius 3 is 2.56 bits per heavy atom. The summed E-state index contributed by atoms with van der Waals surface area (Å²) in [5.74, 6) is 0.553. The minimum absolute atomic E-state index is 0.121. The Morgan fingerprint density at radius 2 is 1.88 bits per heavy atom. The fourth-order valence-electron chi connectivity index (χ4n) is 2.94. The van der Waals surface area contributed by atoms with Gasteiger partial charge in [0.25, 0.3) is 5.91 Å². The first-order valence-electron chi connectivity index (χ1n) is 8.64. The van der Waals surface area contributed by atoms with E-state index in [0.29, 0.717) is 12.5 Å². The summed E-state index contributed by atoms with van der Waals surface area (Å²) in [5, 5.41) is 1.96. The normalized spacial score (nSPS) is 11.0.